The van der Waals surface area contributed by atoms with Gasteiger partial charge in [0, 0.05) is 13.1 Å². The zero-order valence-corrected chi connectivity index (χ0v) is 18.8. The van der Waals surface area contributed by atoms with Crippen molar-refractivity contribution in [3.05, 3.63) is 59.4 Å². The molecule has 1 saturated heterocycles. The van der Waals surface area contributed by atoms with Crippen molar-refractivity contribution in [1.29, 1.82) is 0 Å². The highest BCUT2D eigenvalue weighted by atomic mass is 32.1. The Morgan fingerprint density at radius 1 is 1.25 bits per heavy atom. The Kier molecular flexibility index (Phi) is 5.42. The number of anilines is 1. The molecule has 1 aliphatic rings. The predicted octanol–water partition coefficient (Wildman–Crippen LogP) is 4.36. The summed E-state index contributed by atoms with van der Waals surface area (Å²) in [6.45, 7) is 5.73. The van der Waals surface area contributed by atoms with Gasteiger partial charge in [-0.3, -0.25) is 4.79 Å². The topological polar surface area (TPSA) is 76.2 Å². The van der Waals surface area contributed by atoms with E-state index in [-0.39, 0.29) is 17.6 Å². The van der Waals surface area contributed by atoms with Crippen molar-refractivity contribution >= 4 is 32.7 Å². The van der Waals surface area contributed by atoms with Crippen LogP contribution in [0.1, 0.15) is 30.1 Å². The molecule has 0 saturated carbocycles. The van der Waals surface area contributed by atoms with Crippen molar-refractivity contribution in [1.82, 2.24) is 20.1 Å². The van der Waals surface area contributed by atoms with Crippen molar-refractivity contribution in [2.75, 3.05) is 18.0 Å². The number of rotatable bonds is 5. The van der Waals surface area contributed by atoms with Gasteiger partial charge >= 0.3 is 0 Å². The van der Waals surface area contributed by atoms with E-state index in [9.17, 15) is 9.18 Å². The Hall–Kier alpha value is -3.20. The molecule has 4 heterocycles. The predicted molar refractivity (Wildman–Crippen MR) is 122 cm³/mol. The normalized spacial score (nSPS) is 16.6. The molecule has 0 radical (unpaired) electrons. The number of hydrogen-bond donors (Lipinski definition) is 1. The number of amides is 1. The van der Waals surface area contributed by atoms with Gasteiger partial charge in [-0.15, -0.1) is 0 Å². The van der Waals surface area contributed by atoms with Crippen molar-refractivity contribution in [3.63, 3.8) is 0 Å². The van der Waals surface area contributed by atoms with E-state index in [2.05, 4.69) is 15.3 Å². The molecule has 166 valence electrons. The number of hydrogen-bond acceptors (Lipinski definition) is 6. The fourth-order valence-electron chi connectivity index (χ4n) is 4.08. The van der Waals surface area contributed by atoms with Gasteiger partial charge in [0.2, 0.25) is 5.91 Å². The van der Waals surface area contributed by atoms with Crippen LogP contribution in [0.25, 0.3) is 16.0 Å². The van der Waals surface area contributed by atoms with Crippen LogP contribution in [0.5, 0.6) is 0 Å². The summed E-state index contributed by atoms with van der Waals surface area (Å²) in [5.41, 5.74) is 2.41. The van der Waals surface area contributed by atoms with Gasteiger partial charge in [0.1, 0.15) is 17.3 Å². The third-order valence-electron chi connectivity index (χ3n) is 5.74. The van der Waals surface area contributed by atoms with E-state index in [4.69, 9.17) is 9.40 Å². The molecule has 7 nitrogen and oxygen atoms in total. The summed E-state index contributed by atoms with van der Waals surface area (Å²) in [6, 6.07) is 10.0. The van der Waals surface area contributed by atoms with Crippen LogP contribution in [0.2, 0.25) is 0 Å². The second-order valence-electron chi connectivity index (χ2n) is 8.14. The van der Waals surface area contributed by atoms with Gasteiger partial charge in [0.15, 0.2) is 10.8 Å². The molecule has 4 aromatic rings. The van der Waals surface area contributed by atoms with Gasteiger partial charge in [0.05, 0.1) is 28.5 Å². The first-order valence-corrected chi connectivity index (χ1v) is 11.5. The Labute approximate surface area is 188 Å². The lowest BCUT2D eigenvalue weighted by Crippen LogP contribution is -2.42. The number of aryl methyl sites for hydroxylation is 2. The van der Waals surface area contributed by atoms with Gasteiger partial charge in [-0.05, 0) is 63.1 Å². The maximum Gasteiger partial charge on any atom is 0.225 e. The van der Waals surface area contributed by atoms with E-state index in [0.29, 0.717) is 13.1 Å². The highest BCUT2D eigenvalue weighted by Crippen LogP contribution is 2.34. The molecule has 1 aromatic carbocycles. The minimum atomic E-state index is -0.285. The summed E-state index contributed by atoms with van der Waals surface area (Å²) in [6.07, 6.45) is 1.78. The second kappa shape index (κ2) is 8.38. The molecule has 1 unspecified atom stereocenters. The van der Waals surface area contributed by atoms with Crippen molar-refractivity contribution in [2.45, 2.75) is 33.2 Å². The van der Waals surface area contributed by atoms with Gasteiger partial charge in [-0.1, -0.05) is 11.3 Å². The fraction of sp³-hybridized carbons (Fsp3) is 0.348. The molecule has 0 bridgehead atoms. The number of furan rings is 1. The molecule has 1 N–H and O–H groups in total. The minimum absolute atomic E-state index is 0.0403. The van der Waals surface area contributed by atoms with Crippen LogP contribution in [0.4, 0.5) is 9.52 Å². The van der Waals surface area contributed by atoms with Crippen LogP contribution in [0, 0.1) is 25.6 Å². The molecule has 0 spiro atoms. The Balaban J connectivity index is 1.33. The molecular weight excluding hydrogens is 429 g/mol. The smallest absolute Gasteiger partial charge is 0.225 e. The first-order chi connectivity index (χ1) is 15.5. The van der Waals surface area contributed by atoms with Crippen molar-refractivity contribution in [2.24, 2.45) is 5.92 Å². The molecule has 1 fully saturated rings. The number of nitrogens with zero attached hydrogens (tertiary/aromatic N) is 4. The van der Waals surface area contributed by atoms with Crippen LogP contribution < -0.4 is 10.2 Å². The molecule has 1 aliphatic heterocycles. The molecule has 3 aromatic heterocycles. The quantitative estimate of drug-likeness (QED) is 0.486. The molecular formula is C23H24FN5O2S. The average Bonchev–Trinajstić information content (AvgIpc) is 3.49. The third kappa shape index (κ3) is 4.00. The van der Waals surface area contributed by atoms with Gasteiger partial charge in [-0.25, -0.2) is 9.07 Å². The number of fused-ring (bicyclic) bond motifs is 1. The molecule has 0 aliphatic carbocycles. The van der Waals surface area contributed by atoms with E-state index in [0.717, 1.165) is 57.8 Å². The van der Waals surface area contributed by atoms with Crippen LogP contribution in [0.15, 0.2) is 40.8 Å². The first kappa shape index (κ1) is 20.7. The average molecular weight is 454 g/mol. The maximum absolute atomic E-state index is 13.3. The number of thiazole rings is 1. The molecule has 32 heavy (non-hydrogen) atoms. The number of halogens is 1. The Morgan fingerprint density at radius 3 is 2.81 bits per heavy atom. The standard InChI is InChI=1S/C23H24FN5O2S/c1-14-5-10-19(31-14)12-25-22(30)16-4-3-11-28(13-16)23-26-21-20(32-23)15(2)27-29(21)18-8-6-17(24)7-9-18/h5-10,16H,3-4,11-13H2,1-2H3,(H,25,30). The van der Waals surface area contributed by atoms with Crippen LogP contribution in [-0.4, -0.2) is 33.8 Å². The number of piperidine rings is 1. The maximum atomic E-state index is 13.3. The van der Waals surface area contributed by atoms with Crippen LogP contribution in [0.3, 0.4) is 0 Å². The number of carbonyl (C=O) groups is 1. The van der Waals surface area contributed by atoms with Crippen molar-refractivity contribution < 1.29 is 13.6 Å². The summed E-state index contributed by atoms with van der Waals surface area (Å²) < 4.78 is 21.6. The fourth-order valence-corrected chi connectivity index (χ4v) is 5.11. The molecule has 5 rings (SSSR count). The third-order valence-corrected chi connectivity index (χ3v) is 6.96. The first-order valence-electron chi connectivity index (χ1n) is 10.7. The van der Waals surface area contributed by atoms with E-state index in [1.165, 1.54) is 12.1 Å². The molecule has 1 atom stereocenters. The number of carbonyl (C=O) groups excluding carboxylic acids is 1. The van der Waals surface area contributed by atoms with Gasteiger partial charge in [-0.2, -0.15) is 10.1 Å². The Morgan fingerprint density at radius 2 is 2.06 bits per heavy atom. The van der Waals surface area contributed by atoms with E-state index in [1.807, 2.05) is 26.0 Å². The highest BCUT2D eigenvalue weighted by molar-refractivity contribution is 7.22. The lowest BCUT2D eigenvalue weighted by molar-refractivity contribution is -0.125. The molecule has 9 heteroatoms. The van der Waals surface area contributed by atoms with E-state index >= 15 is 0 Å². The zero-order chi connectivity index (χ0) is 22.2. The monoisotopic (exact) mass is 453 g/mol. The highest BCUT2D eigenvalue weighted by Gasteiger charge is 2.28. The molecule has 1 amide bonds. The number of benzene rings is 1. The SMILES string of the molecule is Cc1ccc(CNC(=O)C2CCCN(c3nc4c(s3)c(C)nn4-c3ccc(F)cc3)C2)o1. The lowest BCUT2D eigenvalue weighted by atomic mass is 9.97. The number of nitrogens with one attached hydrogen (secondary N) is 1. The zero-order valence-electron chi connectivity index (χ0n) is 18.0. The van der Waals surface area contributed by atoms with E-state index < -0.39 is 0 Å². The Bertz CT molecular complexity index is 1260. The van der Waals surface area contributed by atoms with Crippen LogP contribution in [-0.2, 0) is 11.3 Å². The summed E-state index contributed by atoms with van der Waals surface area (Å²) in [7, 11) is 0. The summed E-state index contributed by atoms with van der Waals surface area (Å²) in [4.78, 5) is 19.8. The number of aromatic nitrogens is 3. The summed E-state index contributed by atoms with van der Waals surface area (Å²) in [5, 5.41) is 8.47. The van der Waals surface area contributed by atoms with E-state index in [1.54, 1.807) is 28.2 Å². The second-order valence-corrected chi connectivity index (χ2v) is 9.12. The summed E-state index contributed by atoms with van der Waals surface area (Å²) in [5.74, 6) is 1.26. The van der Waals surface area contributed by atoms with Crippen molar-refractivity contribution in [3.8, 4) is 5.69 Å². The minimum Gasteiger partial charge on any atom is -0.465 e. The van der Waals surface area contributed by atoms with Crippen LogP contribution >= 0.6 is 11.3 Å². The lowest BCUT2D eigenvalue weighted by Gasteiger charge is -2.31. The van der Waals surface area contributed by atoms with Gasteiger partial charge < -0.3 is 14.6 Å². The van der Waals surface area contributed by atoms with Gasteiger partial charge in [0.25, 0.3) is 0 Å². The summed E-state index contributed by atoms with van der Waals surface area (Å²) >= 11 is 1.59. The largest absolute Gasteiger partial charge is 0.465 e.